The minimum atomic E-state index is -1.05. The summed E-state index contributed by atoms with van der Waals surface area (Å²) < 4.78 is 5.58. The molecular weight excluding hydrogens is 408 g/mol. The van der Waals surface area contributed by atoms with Crippen LogP contribution in [0.5, 0.6) is 0 Å². The van der Waals surface area contributed by atoms with Gasteiger partial charge in [-0.15, -0.1) is 0 Å². The van der Waals surface area contributed by atoms with Gasteiger partial charge in [-0.25, -0.2) is 9.59 Å². The number of hydrogen-bond acceptors (Lipinski definition) is 4. The van der Waals surface area contributed by atoms with Crippen molar-refractivity contribution in [1.82, 2.24) is 10.6 Å². The van der Waals surface area contributed by atoms with E-state index >= 15 is 0 Å². The van der Waals surface area contributed by atoms with Crippen LogP contribution >= 0.6 is 0 Å². The van der Waals surface area contributed by atoms with Crippen molar-refractivity contribution in [3.63, 3.8) is 0 Å². The number of carboxylic acid groups (broad SMARTS) is 1. The standard InChI is InChI=1S/C25H28N2O5/c1-2-7-21(23(29)30)26-22(28)14-25(12-13-25)27-24(31)32-15-20-18-10-5-3-8-16(18)17-9-4-6-11-19(17)20/h3-6,8-11,20-21H,2,7,12-15H2,1H3,(H,26,28)(H,27,31)(H,29,30)/t21-/m1/s1. The van der Waals surface area contributed by atoms with Gasteiger partial charge in [-0.2, -0.15) is 0 Å². The summed E-state index contributed by atoms with van der Waals surface area (Å²) in [7, 11) is 0. The topological polar surface area (TPSA) is 105 Å². The van der Waals surface area contributed by atoms with E-state index in [0.717, 1.165) is 22.3 Å². The number of carboxylic acids is 1. The van der Waals surface area contributed by atoms with E-state index in [9.17, 15) is 19.5 Å². The van der Waals surface area contributed by atoms with Crippen molar-refractivity contribution in [3.05, 3.63) is 59.7 Å². The van der Waals surface area contributed by atoms with Gasteiger partial charge in [0.1, 0.15) is 12.6 Å². The fraction of sp³-hybridized carbons (Fsp3) is 0.400. The van der Waals surface area contributed by atoms with Gasteiger partial charge in [-0.3, -0.25) is 4.79 Å². The third-order valence-corrected chi connectivity index (χ3v) is 6.27. The molecule has 0 aromatic heterocycles. The summed E-state index contributed by atoms with van der Waals surface area (Å²) >= 11 is 0. The van der Waals surface area contributed by atoms with E-state index in [0.29, 0.717) is 25.7 Å². The molecule has 7 heteroatoms. The van der Waals surface area contributed by atoms with Crippen LogP contribution in [0.15, 0.2) is 48.5 Å². The molecule has 3 N–H and O–H groups in total. The Morgan fingerprint density at radius 2 is 1.66 bits per heavy atom. The number of ether oxygens (including phenoxy) is 1. The number of carbonyl (C=O) groups excluding carboxylic acids is 2. The fourth-order valence-electron chi connectivity index (χ4n) is 4.45. The number of aliphatic carboxylic acids is 1. The van der Waals surface area contributed by atoms with Gasteiger partial charge in [0.15, 0.2) is 0 Å². The van der Waals surface area contributed by atoms with Crippen molar-refractivity contribution in [2.24, 2.45) is 0 Å². The SMILES string of the molecule is CCC[C@@H](NC(=O)CC1(NC(=O)OCC2c3ccccc3-c3ccccc32)CC1)C(=O)O. The average Bonchev–Trinajstić information content (AvgIpc) is 3.44. The quantitative estimate of drug-likeness (QED) is 0.554. The zero-order chi connectivity index (χ0) is 22.7. The van der Waals surface area contributed by atoms with Crippen molar-refractivity contribution < 1.29 is 24.2 Å². The highest BCUT2D eigenvalue weighted by molar-refractivity contribution is 5.85. The molecule has 2 aromatic rings. The smallest absolute Gasteiger partial charge is 0.407 e. The van der Waals surface area contributed by atoms with Crippen LogP contribution in [0.4, 0.5) is 4.79 Å². The maximum Gasteiger partial charge on any atom is 0.407 e. The lowest BCUT2D eigenvalue weighted by molar-refractivity contribution is -0.142. The van der Waals surface area contributed by atoms with Crippen LogP contribution in [0.25, 0.3) is 11.1 Å². The molecule has 2 aliphatic carbocycles. The molecule has 32 heavy (non-hydrogen) atoms. The van der Waals surface area contributed by atoms with Crippen molar-refractivity contribution >= 4 is 18.0 Å². The van der Waals surface area contributed by atoms with E-state index < -0.39 is 23.6 Å². The first-order valence-electron chi connectivity index (χ1n) is 11.1. The van der Waals surface area contributed by atoms with Crippen LogP contribution in [-0.2, 0) is 14.3 Å². The Morgan fingerprint density at radius 1 is 1.06 bits per heavy atom. The summed E-state index contributed by atoms with van der Waals surface area (Å²) in [6, 6.07) is 15.3. The van der Waals surface area contributed by atoms with Crippen LogP contribution < -0.4 is 10.6 Å². The molecule has 4 rings (SSSR count). The maximum atomic E-state index is 12.5. The fourth-order valence-corrected chi connectivity index (χ4v) is 4.45. The van der Waals surface area contributed by atoms with E-state index in [4.69, 9.17) is 4.74 Å². The van der Waals surface area contributed by atoms with Crippen molar-refractivity contribution in [2.75, 3.05) is 6.61 Å². The molecule has 0 saturated heterocycles. The number of nitrogens with one attached hydrogen (secondary N) is 2. The second-order valence-corrected chi connectivity index (χ2v) is 8.65. The predicted octanol–water partition coefficient (Wildman–Crippen LogP) is 3.82. The molecule has 0 spiro atoms. The highest BCUT2D eigenvalue weighted by atomic mass is 16.5. The molecule has 168 valence electrons. The zero-order valence-corrected chi connectivity index (χ0v) is 18.1. The summed E-state index contributed by atoms with van der Waals surface area (Å²) in [5.41, 5.74) is 3.94. The molecule has 0 bridgehead atoms. The molecule has 0 unspecified atom stereocenters. The summed E-state index contributed by atoms with van der Waals surface area (Å²) in [4.78, 5) is 36.1. The van der Waals surface area contributed by atoms with Crippen molar-refractivity contribution in [1.29, 1.82) is 0 Å². The van der Waals surface area contributed by atoms with Crippen molar-refractivity contribution in [2.45, 2.75) is 56.5 Å². The lowest BCUT2D eigenvalue weighted by atomic mass is 9.98. The van der Waals surface area contributed by atoms with Crippen LogP contribution in [0.3, 0.4) is 0 Å². The lowest BCUT2D eigenvalue weighted by Crippen LogP contribution is -2.46. The Balaban J connectivity index is 1.34. The van der Waals surface area contributed by atoms with Gasteiger partial charge in [-0.1, -0.05) is 61.9 Å². The molecule has 0 radical (unpaired) electrons. The number of amides is 2. The van der Waals surface area contributed by atoms with E-state index in [1.54, 1.807) is 0 Å². The van der Waals surface area contributed by atoms with Gasteiger partial charge in [0, 0.05) is 12.3 Å². The second-order valence-electron chi connectivity index (χ2n) is 8.65. The van der Waals surface area contributed by atoms with Gasteiger partial charge >= 0.3 is 12.1 Å². The Bertz CT molecular complexity index is 985. The molecular formula is C25H28N2O5. The second kappa shape index (κ2) is 9.02. The predicted molar refractivity (Wildman–Crippen MR) is 119 cm³/mol. The number of fused-ring (bicyclic) bond motifs is 3. The molecule has 0 heterocycles. The Morgan fingerprint density at radius 3 is 2.19 bits per heavy atom. The number of alkyl carbamates (subject to hydrolysis) is 1. The highest BCUT2D eigenvalue weighted by Crippen LogP contribution is 2.44. The molecule has 1 atom stereocenters. The third kappa shape index (κ3) is 4.61. The molecule has 0 aliphatic heterocycles. The monoisotopic (exact) mass is 436 g/mol. The summed E-state index contributed by atoms with van der Waals surface area (Å²) in [6.45, 7) is 2.07. The Kier molecular flexibility index (Phi) is 6.17. The van der Waals surface area contributed by atoms with E-state index in [1.807, 2.05) is 31.2 Å². The number of hydrogen-bond donors (Lipinski definition) is 3. The molecule has 2 aromatic carbocycles. The van der Waals surface area contributed by atoms with Crippen molar-refractivity contribution in [3.8, 4) is 11.1 Å². The molecule has 7 nitrogen and oxygen atoms in total. The highest BCUT2D eigenvalue weighted by Gasteiger charge is 2.46. The summed E-state index contributed by atoms with van der Waals surface area (Å²) in [5.74, 6) is -1.45. The molecule has 1 saturated carbocycles. The average molecular weight is 437 g/mol. The third-order valence-electron chi connectivity index (χ3n) is 6.27. The van der Waals surface area contributed by atoms with Crippen LogP contribution in [0, 0.1) is 0 Å². The van der Waals surface area contributed by atoms with E-state index in [-0.39, 0.29) is 24.9 Å². The maximum absolute atomic E-state index is 12.5. The number of carbonyl (C=O) groups is 3. The first kappa shape index (κ1) is 21.9. The number of benzene rings is 2. The molecule has 2 amide bonds. The zero-order valence-electron chi connectivity index (χ0n) is 18.1. The Labute approximate surface area is 187 Å². The first-order valence-corrected chi connectivity index (χ1v) is 11.1. The minimum absolute atomic E-state index is 0.0306. The van der Waals surface area contributed by atoms with Gasteiger partial charge in [0.05, 0.1) is 5.54 Å². The summed E-state index contributed by atoms with van der Waals surface area (Å²) in [6.07, 6.45) is 1.84. The normalized spacial score (nSPS) is 16.4. The lowest BCUT2D eigenvalue weighted by Gasteiger charge is -2.20. The minimum Gasteiger partial charge on any atom is -0.480 e. The molecule has 1 fully saturated rings. The summed E-state index contributed by atoms with van der Waals surface area (Å²) in [5, 5.41) is 14.6. The van der Waals surface area contributed by atoms with Gasteiger partial charge in [0.2, 0.25) is 5.91 Å². The molecule has 2 aliphatic rings. The van der Waals surface area contributed by atoms with Crippen LogP contribution in [0.2, 0.25) is 0 Å². The van der Waals surface area contributed by atoms with Gasteiger partial charge in [-0.05, 0) is 41.5 Å². The number of rotatable bonds is 9. The van der Waals surface area contributed by atoms with E-state index in [2.05, 4.69) is 34.9 Å². The largest absolute Gasteiger partial charge is 0.480 e. The van der Waals surface area contributed by atoms with Crippen LogP contribution in [0.1, 0.15) is 56.1 Å². The van der Waals surface area contributed by atoms with Crippen LogP contribution in [-0.4, -0.2) is 41.3 Å². The first-order chi connectivity index (χ1) is 15.4. The van der Waals surface area contributed by atoms with Gasteiger partial charge in [0.25, 0.3) is 0 Å². The Hall–Kier alpha value is -3.35. The van der Waals surface area contributed by atoms with E-state index in [1.165, 1.54) is 0 Å². The van der Waals surface area contributed by atoms with Gasteiger partial charge < -0.3 is 20.5 Å².